The van der Waals surface area contributed by atoms with Crippen LogP contribution in [0.3, 0.4) is 0 Å². The number of benzene rings is 3. The van der Waals surface area contributed by atoms with E-state index in [4.69, 9.17) is 0 Å². The Hall–Kier alpha value is -3.46. The topological polar surface area (TPSA) is 60.9 Å². The van der Waals surface area contributed by atoms with Gasteiger partial charge >= 0.3 is 0 Å². The monoisotopic (exact) mass is 471 g/mol. The number of nitrogens with zero attached hydrogens (tertiary/aromatic N) is 3. The van der Waals surface area contributed by atoms with E-state index >= 15 is 0 Å². The molecule has 0 atom stereocenters. The number of hydrogen-bond donors (Lipinski definition) is 0. The molecule has 3 aromatic rings. The zero-order chi connectivity index (χ0) is 23.4. The maximum Gasteiger partial charge on any atom is 0.264 e. The summed E-state index contributed by atoms with van der Waals surface area (Å²) in [6.45, 7) is 1.15. The first kappa shape index (κ1) is 22.7. The highest BCUT2D eigenvalue weighted by Gasteiger charge is 2.30. The van der Waals surface area contributed by atoms with Gasteiger partial charge in [0.2, 0.25) is 5.91 Å². The van der Waals surface area contributed by atoms with Gasteiger partial charge in [-0.15, -0.1) is 0 Å². The Morgan fingerprint density at radius 3 is 2.06 bits per heavy atom. The molecular weight excluding hydrogens is 448 g/mol. The standard InChI is InChI=1S/C24H23F2N3O3S/c25-19-10-12-21(13-11-19)33(31,32)29(20-6-2-1-3-7-20)18-24(30)28-16-14-27(15-17-28)23-9-5-4-8-22(23)26/h1-13H,14-18H2. The van der Waals surface area contributed by atoms with E-state index in [0.717, 1.165) is 16.4 Å². The van der Waals surface area contributed by atoms with E-state index in [1.165, 1.54) is 18.2 Å². The Bertz CT molecular complexity index is 1210. The number of hydrogen-bond acceptors (Lipinski definition) is 4. The largest absolute Gasteiger partial charge is 0.366 e. The molecule has 9 heteroatoms. The first-order valence-corrected chi connectivity index (χ1v) is 11.9. The fourth-order valence-corrected chi connectivity index (χ4v) is 5.19. The average Bonchev–Trinajstić information content (AvgIpc) is 2.83. The molecule has 0 unspecified atom stereocenters. The van der Waals surface area contributed by atoms with Crippen molar-refractivity contribution in [1.82, 2.24) is 4.90 Å². The number of amides is 1. The third-order valence-corrected chi connectivity index (χ3v) is 7.34. The first-order chi connectivity index (χ1) is 15.9. The van der Waals surface area contributed by atoms with Crippen LogP contribution in [-0.4, -0.2) is 51.9 Å². The van der Waals surface area contributed by atoms with Crippen LogP contribution in [-0.2, 0) is 14.8 Å². The van der Waals surface area contributed by atoms with Crippen molar-refractivity contribution in [3.05, 3.63) is 90.5 Å². The molecular formula is C24H23F2N3O3S. The van der Waals surface area contributed by atoms with Crippen molar-refractivity contribution in [2.24, 2.45) is 0 Å². The summed E-state index contributed by atoms with van der Waals surface area (Å²) in [6, 6.07) is 19.3. The van der Waals surface area contributed by atoms with Crippen molar-refractivity contribution in [2.45, 2.75) is 4.90 Å². The van der Waals surface area contributed by atoms with Crippen LogP contribution in [0.15, 0.2) is 83.8 Å². The first-order valence-electron chi connectivity index (χ1n) is 10.5. The molecule has 0 spiro atoms. The summed E-state index contributed by atoms with van der Waals surface area (Å²) in [5.74, 6) is -1.24. The van der Waals surface area contributed by atoms with Crippen molar-refractivity contribution >= 4 is 27.3 Å². The molecule has 0 aromatic heterocycles. The van der Waals surface area contributed by atoms with Crippen LogP contribution < -0.4 is 9.21 Å². The molecule has 33 heavy (non-hydrogen) atoms. The van der Waals surface area contributed by atoms with Gasteiger partial charge < -0.3 is 9.80 Å². The minimum absolute atomic E-state index is 0.107. The van der Waals surface area contributed by atoms with Crippen molar-refractivity contribution in [1.29, 1.82) is 0 Å². The molecule has 172 valence electrons. The molecule has 4 rings (SSSR count). The molecule has 1 fully saturated rings. The predicted octanol–water partition coefficient (Wildman–Crippen LogP) is 3.51. The molecule has 1 heterocycles. The Kier molecular flexibility index (Phi) is 6.60. The molecule has 0 N–H and O–H groups in total. The molecule has 0 radical (unpaired) electrons. The van der Waals surface area contributed by atoms with Crippen LogP contribution in [0, 0.1) is 11.6 Å². The molecule has 3 aromatic carbocycles. The second-order valence-electron chi connectivity index (χ2n) is 7.62. The predicted molar refractivity (Wildman–Crippen MR) is 123 cm³/mol. The minimum Gasteiger partial charge on any atom is -0.366 e. The highest BCUT2D eigenvalue weighted by atomic mass is 32.2. The van der Waals surface area contributed by atoms with Crippen molar-refractivity contribution in [3.63, 3.8) is 0 Å². The number of carbonyl (C=O) groups is 1. The molecule has 1 amide bonds. The number of para-hydroxylation sites is 2. The lowest BCUT2D eigenvalue weighted by Gasteiger charge is -2.37. The van der Waals surface area contributed by atoms with Gasteiger partial charge in [-0.1, -0.05) is 30.3 Å². The zero-order valence-corrected chi connectivity index (χ0v) is 18.6. The van der Waals surface area contributed by atoms with E-state index in [-0.39, 0.29) is 16.6 Å². The van der Waals surface area contributed by atoms with Gasteiger partial charge in [0.1, 0.15) is 18.2 Å². The lowest BCUT2D eigenvalue weighted by Crippen LogP contribution is -2.52. The fourth-order valence-electron chi connectivity index (χ4n) is 3.77. The lowest BCUT2D eigenvalue weighted by atomic mass is 10.2. The minimum atomic E-state index is -4.10. The van der Waals surface area contributed by atoms with Gasteiger partial charge in [0.15, 0.2) is 0 Å². The molecule has 0 aliphatic carbocycles. The van der Waals surface area contributed by atoms with Crippen molar-refractivity contribution in [2.75, 3.05) is 41.9 Å². The maximum atomic E-state index is 14.1. The SMILES string of the molecule is O=C(CN(c1ccccc1)S(=O)(=O)c1ccc(F)cc1)N1CCN(c2ccccc2F)CC1. The van der Waals surface area contributed by atoms with Gasteiger partial charge in [-0.3, -0.25) is 9.10 Å². The molecule has 6 nitrogen and oxygen atoms in total. The summed E-state index contributed by atoms with van der Waals surface area (Å²) >= 11 is 0. The molecule has 1 aliphatic heterocycles. The van der Waals surface area contributed by atoms with Crippen molar-refractivity contribution < 1.29 is 22.0 Å². The van der Waals surface area contributed by atoms with Gasteiger partial charge in [0.05, 0.1) is 16.3 Å². The molecule has 0 saturated carbocycles. The number of halogens is 2. The number of anilines is 2. The third-order valence-electron chi connectivity index (χ3n) is 5.55. The normalized spacial score (nSPS) is 14.2. The van der Waals surface area contributed by atoms with Gasteiger partial charge in [0, 0.05) is 26.2 Å². The highest BCUT2D eigenvalue weighted by molar-refractivity contribution is 7.92. The summed E-state index contributed by atoms with van der Waals surface area (Å²) in [7, 11) is -4.10. The van der Waals surface area contributed by atoms with E-state index in [2.05, 4.69) is 0 Å². The number of sulfonamides is 1. The Morgan fingerprint density at radius 2 is 1.42 bits per heavy atom. The number of piperazine rings is 1. The zero-order valence-electron chi connectivity index (χ0n) is 17.8. The van der Waals surface area contributed by atoms with E-state index in [0.29, 0.717) is 37.6 Å². The Labute approximate surface area is 191 Å². The van der Waals surface area contributed by atoms with Gasteiger partial charge in [-0.05, 0) is 48.5 Å². The number of rotatable bonds is 6. The quantitative estimate of drug-likeness (QED) is 0.552. The summed E-state index contributed by atoms with van der Waals surface area (Å²) in [6.07, 6.45) is 0. The van der Waals surface area contributed by atoms with Gasteiger partial charge in [-0.25, -0.2) is 17.2 Å². The summed E-state index contributed by atoms with van der Waals surface area (Å²) in [5, 5.41) is 0. The number of carbonyl (C=O) groups excluding carboxylic acids is 1. The average molecular weight is 472 g/mol. The Balaban J connectivity index is 1.52. The van der Waals surface area contributed by atoms with E-state index in [1.54, 1.807) is 53.4 Å². The van der Waals surface area contributed by atoms with Crippen molar-refractivity contribution in [3.8, 4) is 0 Å². The molecule has 1 saturated heterocycles. The summed E-state index contributed by atoms with van der Waals surface area (Å²) < 4.78 is 55.1. The van der Waals surface area contributed by atoms with Crippen LogP contribution in [0.5, 0.6) is 0 Å². The van der Waals surface area contributed by atoms with E-state index in [1.807, 2.05) is 4.90 Å². The van der Waals surface area contributed by atoms with Crippen LogP contribution in [0.2, 0.25) is 0 Å². The lowest BCUT2D eigenvalue weighted by molar-refractivity contribution is -0.129. The van der Waals surface area contributed by atoms with Crippen LogP contribution >= 0.6 is 0 Å². The van der Waals surface area contributed by atoms with E-state index in [9.17, 15) is 22.0 Å². The summed E-state index contributed by atoms with van der Waals surface area (Å²) in [4.78, 5) is 16.4. The van der Waals surface area contributed by atoms with E-state index < -0.39 is 22.4 Å². The molecule has 0 bridgehead atoms. The smallest absolute Gasteiger partial charge is 0.264 e. The van der Waals surface area contributed by atoms with Gasteiger partial charge in [-0.2, -0.15) is 0 Å². The summed E-state index contributed by atoms with van der Waals surface area (Å²) in [5.41, 5.74) is 0.814. The van der Waals surface area contributed by atoms with Crippen LogP contribution in [0.25, 0.3) is 0 Å². The fraction of sp³-hybridized carbons (Fsp3) is 0.208. The second-order valence-corrected chi connectivity index (χ2v) is 9.48. The second kappa shape index (κ2) is 9.58. The maximum absolute atomic E-state index is 14.1. The Morgan fingerprint density at radius 1 is 0.818 bits per heavy atom. The highest BCUT2D eigenvalue weighted by Crippen LogP contribution is 2.25. The van der Waals surface area contributed by atoms with Crippen LogP contribution in [0.4, 0.5) is 20.2 Å². The van der Waals surface area contributed by atoms with Gasteiger partial charge in [0.25, 0.3) is 10.0 Å². The molecule has 1 aliphatic rings. The van der Waals surface area contributed by atoms with Crippen LogP contribution in [0.1, 0.15) is 0 Å². The third kappa shape index (κ3) is 4.98.